The number of hydrogen-bond acceptors (Lipinski definition) is 3. The quantitative estimate of drug-likeness (QED) is 0.876. The summed E-state index contributed by atoms with van der Waals surface area (Å²) in [7, 11) is 1.66. The lowest BCUT2D eigenvalue weighted by atomic mass is 10.0. The van der Waals surface area contributed by atoms with E-state index in [1.807, 2.05) is 61.5 Å². The Morgan fingerprint density at radius 2 is 1.65 bits per heavy atom. The van der Waals surface area contributed by atoms with E-state index in [1.54, 1.807) is 7.11 Å². The molecule has 2 atom stereocenters. The van der Waals surface area contributed by atoms with E-state index >= 15 is 0 Å². The SMILES string of the molecule is COc1ccccc1C(OCc1ccccc1)C(C)N. The summed E-state index contributed by atoms with van der Waals surface area (Å²) < 4.78 is 11.4. The van der Waals surface area contributed by atoms with Gasteiger partial charge in [-0.2, -0.15) is 0 Å². The van der Waals surface area contributed by atoms with E-state index in [0.29, 0.717) is 6.61 Å². The number of benzene rings is 2. The summed E-state index contributed by atoms with van der Waals surface area (Å²) >= 11 is 0. The van der Waals surface area contributed by atoms with E-state index in [1.165, 1.54) is 0 Å². The second-order valence-electron chi connectivity index (χ2n) is 4.82. The van der Waals surface area contributed by atoms with Gasteiger partial charge in [-0.3, -0.25) is 0 Å². The predicted octanol–water partition coefficient (Wildman–Crippen LogP) is 3.30. The first-order chi connectivity index (χ1) is 9.72. The van der Waals surface area contributed by atoms with Gasteiger partial charge in [0.2, 0.25) is 0 Å². The first-order valence-corrected chi connectivity index (χ1v) is 6.76. The Kier molecular flexibility index (Phi) is 5.16. The topological polar surface area (TPSA) is 44.5 Å². The second-order valence-corrected chi connectivity index (χ2v) is 4.82. The molecule has 3 nitrogen and oxygen atoms in total. The molecule has 0 spiro atoms. The molecule has 0 bridgehead atoms. The van der Waals surface area contributed by atoms with E-state index in [-0.39, 0.29) is 12.1 Å². The fourth-order valence-electron chi connectivity index (χ4n) is 2.19. The molecule has 0 aliphatic rings. The number of nitrogens with two attached hydrogens (primary N) is 1. The van der Waals surface area contributed by atoms with Gasteiger partial charge >= 0.3 is 0 Å². The fraction of sp³-hybridized carbons (Fsp3) is 0.294. The maximum absolute atomic E-state index is 6.08. The summed E-state index contributed by atoms with van der Waals surface area (Å²) in [4.78, 5) is 0. The third kappa shape index (κ3) is 3.59. The monoisotopic (exact) mass is 271 g/mol. The molecule has 2 unspecified atom stereocenters. The van der Waals surface area contributed by atoms with E-state index in [0.717, 1.165) is 16.9 Å². The van der Waals surface area contributed by atoms with E-state index in [4.69, 9.17) is 15.2 Å². The van der Waals surface area contributed by atoms with Crippen LogP contribution in [-0.2, 0) is 11.3 Å². The molecule has 0 fully saturated rings. The molecule has 0 saturated carbocycles. The Morgan fingerprint density at radius 1 is 1.00 bits per heavy atom. The van der Waals surface area contributed by atoms with Gasteiger partial charge in [0.05, 0.1) is 13.7 Å². The summed E-state index contributed by atoms with van der Waals surface area (Å²) in [5.41, 5.74) is 8.20. The Labute approximate surface area is 120 Å². The van der Waals surface area contributed by atoms with Crippen LogP contribution in [0.2, 0.25) is 0 Å². The average molecular weight is 271 g/mol. The van der Waals surface area contributed by atoms with Crippen LogP contribution in [0.25, 0.3) is 0 Å². The molecule has 2 rings (SSSR count). The van der Waals surface area contributed by atoms with Crippen molar-refractivity contribution in [1.29, 1.82) is 0 Å². The maximum atomic E-state index is 6.08. The van der Waals surface area contributed by atoms with Crippen molar-refractivity contribution >= 4 is 0 Å². The smallest absolute Gasteiger partial charge is 0.124 e. The molecule has 2 aromatic rings. The highest BCUT2D eigenvalue weighted by atomic mass is 16.5. The van der Waals surface area contributed by atoms with Crippen molar-refractivity contribution in [2.45, 2.75) is 25.7 Å². The summed E-state index contributed by atoms with van der Waals surface area (Å²) in [5.74, 6) is 0.808. The normalized spacial score (nSPS) is 13.8. The average Bonchev–Trinajstić information content (AvgIpc) is 2.48. The van der Waals surface area contributed by atoms with Crippen LogP contribution in [-0.4, -0.2) is 13.2 Å². The highest BCUT2D eigenvalue weighted by Crippen LogP contribution is 2.29. The highest BCUT2D eigenvalue weighted by Gasteiger charge is 2.20. The van der Waals surface area contributed by atoms with Crippen molar-refractivity contribution in [3.8, 4) is 5.75 Å². The molecule has 2 N–H and O–H groups in total. The van der Waals surface area contributed by atoms with Crippen molar-refractivity contribution in [2.75, 3.05) is 7.11 Å². The number of para-hydroxylation sites is 1. The van der Waals surface area contributed by atoms with Gasteiger partial charge in [0.25, 0.3) is 0 Å². The van der Waals surface area contributed by atoms with Gasteiger partial charge in [-0.25, -0.2) is 0 Å². The molecule has 0 aliphatic carbocycles. The number of methoxy groups -OCH3 is 1. The molecule has 0 heterocycles. The molecule has 3 heteroatoms. The van der Waals surface area contributed by atoms with Crippen LogP contribution in [0.1, 0.15) is 24.2 Å². The Bertz CT molecular complexity index is 526. The summed E-state index contributed by atoms with van der Waals surface area (Å²) in [5, 5.41) is 0. The van der Waals surface area contributed by atoms with Crippen LogP contribution in [0.5, 0.6) is 5.75 Å². The molecule has 20 heavy (non-hydrogen) atoms. The maximum Gasteiger partial charge on any atom is 0.124 e. The lowest BCUT2D eigenvalue weighted by Crippen LogP contribution is -2.27. The Morgan fingerprint density at radius 3 is 2.30 bits per heavy atom. The zero-order chi connectivity index (χ0) is 14.4. The molecule has 106 valence electrons. The standard InChI is InChI=1S/C17H21NO2/c1-13(18)17(15-10-6-7-11-16(15)19-2)20-12-14-8-4-3-5-9-14/h3-11,13,17H,12,18H2,1-2H3. The molecule has 0 aromatic heterocycles. The van der Waals surface area contributed by atoms with Crippen molar-refractivity contribution in [2.24, 2.45) is 5.73 Å². The first kappa shape index (κ1) is 14.6. The summed E-state index contributed by atoms with van der Waals surface area (Å²) in [6, 6.07) is 17.8. The minimum Gasteiger partial charge on any atom is -0.496 e. The third-order valence-corrected chi connectivity index (χ3v) is 3.20. The zero-order valence-corrected chi connectivity index (χ0v) is 12.0. The van der Waals surface area contributed by atoms with Crippen molar-refractivity contribution in [3.05, 3.63) is 65.7 Å². The van der Waals surface area contributed by atoms with Gasteiger partial charge < -0.3 is 15.2 Å². The molecule has 0 saturated heterocycles. The number of rotatable bonds is 6. The van der Waals surface area contributed by atoms with Crippen LogP contribution in [0.4, 0.5) is 0 Å². The van der Waals surface area contributed by atoms with Crippen LogP contribution < -0.4 is 10.5 Å². The van der Waals surface area contributed by atoms with Crippen LogP contribution in [0.15, 0.2) is 54.6 Å². The van der Waals surface area contributed by atoms with E-state index in [9.17, 15) is 0 Å². The van der Waals surface area contributed by atoms with Crippen LogP contribution in [0, 0.1) is 0 Å². The van der Waals surface area contributed by atoms with Gasteiger partial charge in [-0.1, -0.05) is 48.5 Å². The van der Waals surface area contributed by atoms with Gasteiger partial charge in [0.1, 0.15) is 11.9 Å². The lowest BCUT2D eigenvalue weighted by molar-refractivity contribution is 0.0244. The number of hydrogen-bond donors (Lipinski definition) is 1. The summed E-state index contributed by atoms with van der Waals surface area (Å²) in [6.45, 7) is 2.48. The van der Waals surface area contributed by atoms with Crippen molar-refractivity contribution < 1.29 is 9.47 Å². The molecule has 2 aromatic carbocycles. The molecule has 0 radical (unpaired) electrons. The predicted molar refractivity (Wildman–Crippen MR) is 80.6 cm³/mol. The third-order valence-electron chi connectivity index (χ3n) is 3.20. The first-order valence-electron chi connectivity index (χ1n) is 6.76. The molecule has 0 aliphatic heterocycles. The van der Waals surface area contributed by atoms with Crippen molar-refractivity contribution in [3.63, 3.8) is 0 Å². The van der Waals surface area contributed by atoms with Gasteiger partial charge in [-0.15, -0.1) is 0 Å². The van der Waals surface area contributed by atoms with Gasteiger partial charge in [-0.05, 0) is 18.6 Å². The minimum atomic E-state index is -0.189. The minimum absolute atomic E-state index is 0.116. The summed E-state index contributed by atoms with van der Waals surface area (Å²) in [6.07, 6.45) is -0.189. The largest absolute Gasteiger partial charge is 0.496 e. The molecule has 0 amide bonds. The molecular weight excluding hydrogens is 250 g/mol. The fourth-order valence-corrected chi connectivity index (χ4v) is 2.19. The van der Waals surface area contributed by atoms with E-state index in [2.05, 4.69) is 0 Å². The Hall–Kier alpha value is -1.84. The highest BCUT2D eigenvalue weighted by molar-refractivity contribution is 5.35. The lowest BCUT2D eigenvalue weighted by Gasteiger charge is -2.23. The van der Waals surface area contributed by atoms with Crippen LogP contribution in [0.3, 0.4) is 0 Å². The number of ether oxygens (including phenoxy) is 2. The van der Waals surface area contributed by atoms with Crippen molar-refractivity contribution in [1.82, 2.24) is 0 Å². The van der Waals surface area contributed by atoms with Gasteiger partial charge in [0.15, 0.2) is 0 Å². The second kappa shape index (κ2) is 7.08. The molecular formula is C17H21NO2. The van der Waals surface area contributed by atoms with E-state index < -0.39 is 0 Å². The van der Waals surface area contributed by atoms with Gasteiger partial charge in [0, 0.05) is 11.6 Å². The Balaban J connectivity index is 2.15. The van der Waals surface area contributed by atoms with Crippen LogP contribution >= 0.6 is 0 Å². The zero-order valence-electron chi connectivity index (χ0n) is 12.0.